The molecular formula is C19H18N8O. The molecule has 5 heterocycles. The number of H-pyrrole nitrogens is 1. The zero-order chi connectivity index (χ0) is 19.1. The van der Waals surface area contributed by atoms with Crippen molar-refractivity contribution in [2.75, 3.05) is 6.54 Å². The fourth-order valence-corrected chi connectivity index (χ4v) is 3.62. The van der Waals surface area contributed by atoms with Gasteiger partial charge in [0.2, 0.25) is 5.78 Å². The van der Waals surface area contributed by atoms with Gasteiger partial charge >= 0.3 is 0 Å². The third kappa shape index (κ3) is 2.85. The highest BCUT2D eigenvalue weighted by Gasteiger charge is 2.23. The third-order valence-electron chi connectivity index (χ3n) is 5.06. The summed E-state index contributed by atoms with van der Waals surface area (Å²) in [6.07, 6.45) is 9.17. The van der Waals surface area contributed by atoms with Gasteiger partial charge in [-0.25, -0.2) is 24.9 Å². The predicted octanol–water partition coefficient (Wildman–Crippen LogP) is 1.14. The molecular weight excluding hydrogens is 356 g/mol. The van der Waals surface area contributed by atoms with Gasteiger partial charge in [0.25, 0.3) is 5.56 Å². The summed E-state index contributed by atoms with van der Waals surface area (Å²) in [4.78, 5) is 39.3. The van der Waals surface area contributed by atoms with Crippen LogP contribution in [0.3, 0.4) is 0 Å². The van der Waals surface area contributed by atoms with Crippen LogP contribution in [0.5, 0.6) is 0 Å². The Bertz CT molecular complexity index is 1210. The Morgan fingerprint density at radius 2 is 2.07 bits per heavy atom. The van der Waals surface area contributed by atoms with E-state index in [0.29, 0.717) is 36.7 Å². The van der Waals surface area contributed by atoms with Gasteiger partial charge in [-0.15, -0.1) is 0 Å². The molecule has 0 aliphatic carbocycles. The maximum Gasteiger partial charge on any atom is 0.255 e. The Balaban J connectivity index is 1.44. The molecule has 1 aliphatic heterocycles. The molecule has 0 atom stereocenters. The molecule has 0 fully saturated rings. The molecule has 1 N–H and O–H groups in total. The minimum absolute atomic E-state index is 0.106. The molecule has 28 heavy (non-hydrogen) atoms. The average Bonchev–Trinajstić information content (AvgIpc) is 3.04. The Labute approximate surface area is 160 Å². The highest BCUT2D eigenvalue weighted by molar-refractivity contribution is 5.52. The molecule has 9 heteroatoms. The minimum atomic E-state index is -0.106. The largest absolute Gasteiger partial charge is 0.306 e. The second-order valence-electron chi connectivity index (χ2n) is 6.86. The molecule has 0 amide bonds. The second-order valence-corrected chi connectivity index (χ2v) is 6.86. The van der Waals surface area contributed by atoms with Gasteiger partial charge in [-0.05, 0) is 13.0 Å². The van der Waals surface area contributed by atoms with Crippen LogP contribution in [0.1, 0.15) is 22.6 Å². The average molecular weight is 374 g/mol. The maximum atomic E-state index is 12.7. The topological polar surface area (TPSA) is 105 Å². The molecule has 4 aromatic heterocycles. The number of hydrogen-bond donors (Lipinski definition) is 1. The predicted molar refractivity (Wildman–Crippen MR) is 101 cm³/mol. The van der Waals surface area contributed by atoms with Gasteiger partial charge in [0.15, 0.2) is 0 Å². The fraction of sp³-hybridized carbons (Fsp3) is 0.263. The van der Waals surface area contributed by atoms with E-state index in [0.717, 1.165) is 29.2 Å². The summed E-state index contributed by atoms with van der Waals surface area (Å²) in [6, 6.07) is 1.90. The lowest BCUT2D eigenvalue weighted by molar-refractivity contribution is 0.238. The first-order chi connectivity index (χ1) is 13.7. The van der Waals surface area contributed by atoms with Crippen LogP contribution in [-0.4, -0.2) is 45.7 Å². The van der Waals surface area contributed by atoms with Crippen molar-refractivity contribution in [1.29, 1.82) is 0 Å². The molecule has 5 rings (SSSR count). The van der Waals surface area contributed by atoms with E-state index in [9.17, 15) is 4.79 Å². The summed E-state index contributed by atoms with van der Waals surface area (Å²) in [5, 5.41) is 0. The Morgan fingerprint density at radius 3 is 2.93 bits per heavy atom. The first-order valence-corrected chi connectivity index (χ1v) is 9.07. The summed E-state index contributed by atoms with van der Waals surface area (Å²) in [5.41, 5.74) is 4.21. The van der Waals surface area contributed by atoms with Crippen molar-refractivity contribution in [3.63, 3.8) is 0 Å². The molecule has 0 bridgehead atoms. The quantitative estimate of drug-likeness (QED) is 0.573. The van der Waals surface area contributed by atoms with Crippen LogP contribution >= 0.6 is 0 Å². The zero-order valence-electron chi connectivity index (χ0n) is 15.3. The van der Waals surface area contributed by atoms with Gasteiger partial charge in [0.1, 0.15) is 12.2 Å². The Kier molecular flexibility index (Phi) is 3.94. The minimum Gasteiger partial charge on any atom is -0.306 e. The van der Waals surface area contributed by atoms with Crippen molar-refractivity contribution in [2.24, 2.45) is 0 Å². The van der Waals surface area contributed by atoms with Crippen molar-refractivity contribution in [3.8, 4) is 11.4 Å². The first-order valence-electron chi connectivity index (χ1n) is 9.07. The molecule has 0 saturated carbocycles. The van der Waals surface area contributed by atoms with E-state index in [4.69, 9.17) is 0 Å². The third-order valence-corrected chi connectivity index (χ3v) is 5.06. The molecule has 0 aromatic carbocycles. The summed E-state index contributed by atoms with van der Waals surface area (Å²) >= 11 is 0. The normalized spacial score (nSPS) is 14.3. The monoisotopic (exact) mass is 374 g/mol. The van der Waals surface area contributed by atoms with Crippen molar-refractivity contribution < 1.29 is 0 Å². The van der Waals surface area contributed by atoms with Crippen molar-refractivity contribution >= 4 is 5.78 Å². The van der Waals surface area contributed by atoms with Crippen LogP contribution in [0.25, 0.3) is 17.2 Å². The van der Waals surface area contributed by atoms with E-state index < -0.39 is 0 Å². The lowest BCUT2D eigenvalue weighted by Crippen LogP contribution is -2.35. The van der Waals surface area contributed by atoms with E-state index in [-0.39, 0.29) is 5.56 Å². The molecule has 4 aromatic rings. The summed E-state index contributed by atoms with van der Waals surface area (Å²) in [6.45, 7) is 4.06. The standard InChI is InChI=1S/C19H18N8O/c1-12-16(27-5-2-4-22-19(27)23-12)10-26-6-3-15-14(9-26)18(28)25-17(24-15)13-7-20-11-21-8-13/h2,4-5,7-8,11H,3,6,9-10H2,1H3,(H,24,25,28). The summed E-state index contributed by atoms with van der Waals surface area (Å²) < 4.78 is 2.01. The van der Waals surface area contributed by atoms with E-state index in [1.165, 1.54) is 6.33 Å². The van der Waals surface area contributed by atoms with Crippen LogP contribution < -0.4 is 5.56 Å². The molecule has 0 radical (unpaired) electrons. The maximum absolute atomic E-state index is 12.7. The molecule has 140 valence electrons. The highest BCUT2D eigenvalue weighted by Crippen LogP contribution is 2.20. The van der Waals surface area contributed by atoms with E-state index in [1.54, 1.807) is 18.6 Å². The summed E-state index contributed by atoms with van der Waals surface area (Å²) in [5.74, 6) is 1.21. The van der Waals surface area contributed by atoms with E-state index in [1.807, 2.05) is 23.6 Å². The lowest BCUT2D eigenvalue weighted by atomic mass is 10.1. The van der Waals surface area contributed by atoms with Crippen molar-refractivity contribution in [3.05, 3.63) is 70.2 Å². The fourth-order valence-electron chi connectivity index (χ4n) is 3.62. The van der Waals surface area contributed by atoms with Crippen molar-refractivity contribution in [1.82, 2.24) is 39.2 Å². The highest BCUT2D eigenvalue weighted by atomic mass is 16.1. The Morgan fingerprint density at radius 1 is 1.21 bits per heavy atom. The number of aromatic amines is 1. The second kappa shape index (κ2) is 6.61. The molecule has 0 spiro atoms. The molecule has 9 nitrogen and oxygen atoms in total. The zero-order valence-corrected chi connectivity index (χ0v) is 15.3. The number of nitrogens with one attached hydrogen (secondary N) is 1. The van der Waals surface area contributed by atoms with Gasteiger partial charge in [-0.3, -0.25) is 14.1 Å². The van der Waals surface area contributed by atoms with Gasteiger partial charge in [-0.2, -0.15) is 0 Å². The number of nitrogens with zero attached hydrogens (tertiary/aromatic N) is 7. The number of hydrogen-bond acceptors (Lipinski definition) is 7. The number of aryl methyl sites for hydroxylation is 1. The van der Waals surface area contributed by atoms with Crippen LogP contribution in [-0.2, 0) is 19.5 Å². The van der Waals surface area contributed by atoms with Crippen LogP contribution in [0.4, 0.5) is 0 Å². The summed E-state index contributed by atoms with van der Waals surface area (Å²) in [7, 11) is 0. The van der Waals surface area contributed by atoms with Crippen LogP contribution in [0, 0.1) is 6.92 Å². The van der Waals surface area contributed by atoms with E-state index >= 15 is 0 Å². The van der Waals surface area contributed by atoms with Crippen LogP contribution in [0.15, 0.2) is 42.0 Å². The number of imidazole rings is 1. The first kappa shape index (κ1) is 16.7. The van der Waals surface area contributed by atoms with E-state index in [2.05, 4.69) is 34.8 Å². The molecule has 0 unspecified atom stereocenters. The van der Waals surface area contributed by atoms with Crippen LogP contribution in [0.2, 0.25) is 0 Å². The number of fused-ring (bicyclic) bond motifs is 2. The van der Waals surface area contributed by atoms with Gasteiger partial charge < -0.3 is 4.98 Å². The Hall–Kier alpha value is -3.46. The molecule has 1 aliphatic rings. The van der Waals surface area contributed by atoms with Gasteiger partial charge in [0.05, 0.1) is 28.2 Å². The SMILES string of the molecule is Cc1nc2ncccn2c1CN1CCc2nc(-c3cncnc3)[nH]c(=O)c2C1. The van der Waals surface area contributed by atoms with Crippen molar-refractivity contribution in [2.45, 2.75) is 26.4 Å². The molecule has 0 saturated heterocycles. The van der Waals surface area contributed by atoms with Gasteiger partial charge in [0, 0.05) is 50.8 Å². The smallest absolute Gasteiger partial charge is 0.255 e. The lowest BCUT2D eigenvalue weighted by Gasteiger charge is -2.27. The number of rotatable bonds is 3. The van der Waals surface area contributed by atoms with Gasteiger partial charge in [-0.1, -0.05) is 0 Å². The number of aromatic nitrogens is 7.